The third kappa shape index (κ3) is 1.71. The average molecular weight is 245 g/mol. The van der Waals surface area contributed by atoms with Crippen LogP contribution in [0, 0.1) is 6.92 Å². The zero-order valence-electron chi connectivity index (χ0n) is 9.29. The topological polar surface area (TPSA) is 69.1 Å². The fourth-order valence-electron chi connectivity index (χ4n) is 1.61. The molecule has 0 aliphatic heterocycles. The second kappa shape index (κ2) is 3.90. The molecule has 0 aliphatic carbocycles. The molecule has 5 nitrogen and oxygen atoms in total. The van der Waals surface area contributed by atoms with Gasteiger partial charge in [-0.15, -0.1) is 10.2 Å². The van der Waals surface area contributed by atoms with E-state index in [4.69, 9.17) is 5.73 Å². The van der Waals surface area contributed by atoms with E-state index in [0.717, 1.165) is 26.9 Å². The Morgan fingerprint density at radius 2 is 2.00 bits per heavy atom. The SMILES string of the molecule is Cc1nnc2sc(-c3ccc(CN)cc3)nn12. The molecule has 0 aliphatic rings. The second-order valence-electron chi connectivity index (χ2n) is 3.75. The lowest BCUT2D eigenvalue weighted by Gasteiger charge is -1.98. The van der Waals surface area contributed by atoms with Gasteiger partial charge in [0.05, 0.1) is 0 Å². The maximum absolute atomic E-state index is 5.57. The molecule has 0 amide bonds. The highest BCUT2D eigenvalue weighted by molar-refractivity contribution is 7.19. The van der Waals surface area contributed by atoms with Crippen LogP contribution in [0.2, 0.25) is 0 Å². The van der Waals surface area contributed by atoms with Gasteiger partial charge in [-0.1, -0.05) is 35.6 Å². The van der Waals surface area contributed by atoms with Gasteiger partial charge in [-0.2, -0.15) is 9.61 Å². The standard InChI is InChI=1S/C11H11N5S/c1-7-13-14-11-16(7)15-10(17-11)9-4-2-8(6-12)3-5-9/h2-5H,6,12H2,1H3. The molecule has 0 spiro atoms. The number of hydrogen-bond acceptors (Lipinski definition) is 5. The number of nitrogens with zero attached hydrogens (tertiary/aromatic N) is 4. The molecule has 0 unspecified atom stereocenters. The fraction of sp³-hybridized carbons (Fsp3) is 0.182. The first kappa shape index (κ1) is 10.4. The monoisotopic (exact) mass is 245 g/mol. The molecular weight excluding hydrogens is 234 g/mol. The van der Waals surface area contributed by atoms with Crippen molar-refractivity contribution in [3.63, 3.8) is 0 Å². The molecule has 0 bridgehead atoms. The molecule has 0 saturated carbocycles. The molecule has 86 valence electrons. The Kier molecular flexibility index (Phi) is 2.38. The summed E-state index contributed by atoms with van der Waals surface area (Å²) in [6.07, 6.45) is 0. The first-order valence-electron chi connectivity index (χ1n) is 5.26. The summed E-state index contributed by atoms with van der Waals surface area (Å²) in [4.78, 5) is 0.820. The molecule has 0 radical (unpaired) electrons. The minimum Gasteiger partial charge on any atom is -0.326 e. The van der Waals surface area contributed by atoms with Crippen LogP contribution in [-0.4, -0.2) is 19.8 Å². The molecule has 3 aromatic rings. The number of fused-ring (bicyclic) bond motifs is 1. The van der Waals surface area contributed by atoms with Crippen LogP contribution in [0.1, 0.15) is 11.4 Å². The van der Waals surface area contributed by atoms with Crippen LogP contribution in [0.5, 0.6) is 0 Å². The first-order valence-corrected chi connectivity index (χ1v) is 6.08. The molecule has 0 saturated heterocycles. The Labute approximate surface area is 102 Å². The van der Waals surface area contributed by atoms with Gasteiger partial charge in [0, 0.05) is 12.1 Å². The van der Waals surface area contributed by atoms with Crippen LogP contribution >= 0.6 is 11.3 Å². The normalized spacial score (nSPS) is 11.2. The molecule has 6 heteroatoms. The van der Waals surface area contributed by atoms with Crippen molar-refractivity contribution < 1.29 is 0 Å². The number of aryl methyl sites for hydroxylation is 1. The minimum absolute atomic E-state index is 0.560. The van der Waals surface area contributed by atoms with Crippen LogP contribution in [0.15, 0.2) is 24.3 Å². The van der Waals surface area contributed by atoms with Gasteiger partial charge < -0.3 is 5.73 Å². The highest BCUT2D eigenvalue weighted by atomic mass is 32.1. The van der Waals surface area contributed by atoms with Crippen molar-refractivity contribution in [2.24, 2.45) is 5.73 Å². The fourth-order valence-corrected chi connectivity index (χ4v) is 2.51. The van der Waals surface area contributed by atoms with Crippen molar-refractivity contribution >= 4 is 16.3 Å². The zero-order chi connectivity index (χ0) is 11.8. The van der Waals surface area contributed by atoms with Crippen molar-refractivity contribution in [1.82, 2.24) is 19.8 Å². The van der Waals surface area contributed by atoms with Gasteiger partial charge >= 0.3 is 0 Å². The smallest absolute Gasteiger partial charge is 0.234 e. The highest BCUT2D eigenvalue weighted by Gasteiger charge is 2.09. The van der Waals surface area contributed by atoms with Gasteiger partial charge in [0.15, 0.2) is 5.82 Å². The quantitative estimate of drug-likeness (QED) is 0.745. The Hall–Kier alpha value is -1.79. The third-order valence-electron chi connectivity index (χ3n) is 2.58. The van der Waals surface area contributed by atoms with Crippen molar-refractivity contribution in [3.05, 3.63) is 35.7 Å². The molecule has 2 aromatic heterocycles. The maximum Gasteiger partial charge on any atom is 0.234 e. The Morgan fingerprint density at radius 1 is 1.24 bits per heavy atom. The molecule has 2 heterocycles. The zero-order valence-corrected chi connectivity index (χ0v) is 10.1. The Morgan fingerprint density at radius 3 is 2.65 bits per heavy atom. The summed E-state index contributed by atoms with van der Waals surface area (Å²) in [5.41, 5.74) is 7.77. The lowest BCUT2D eigenvalue weighted by atomic mass is 10.1. The third-order valence-corrected chi connectivity index (χ3v) is 3.53. The van der Waals surface area contributed by atoms with E-state index in [1.165, 1.54) is 11.3 Å². The van der Waals surface area contributed by atoms with Crippen LogP contribution in [0.3, 0.4) is 0 Å². The van der Waals surface area contributed by atoms with Crippen LogP contribution in [-0.2, 0) is 6.54 Å². The summed E-state index contributed by atoms with van der Waals surface area (Å²) in [6, 6.07) is 8.10. The van der Waals surface area contributed by atoms with Gasteiger partial charge in [-0.25, -0.2) is 0 Å². The van der Waals surface area contributed by atoms with Crippen LogP contribution in [0.4, 0.5) is 0 Å². The van der Waals surface area contributed by atoms with Crippen LogP contribution < -0.4 is 5.73 Å². The average Bonchev–Trinajstić information content (AvgIpc) is 2.92. The van der Waals surface area contributed by atoms with Crippen molar-refractivity contribution in [3.8, 4) is 10.6 Å². The van der Waals surface area contributed by atoms with Gasteiger partial charge in [0.25, 0.3) is 0 Å². The van der Waals surface area contributed by atoms with Crippen LogP contribution in [0.25, 0.3) is 15.5 Å². The molecule has 17 heavy (non-hydrogen) atoms. The predicted molar refractivity (Wildman–Crippen MR) is 66.7 cm³/mol. The first-order chi connectivity index (χ1) is 8.28. The summed E-state index contributed by atoms with van der Waals surface area (Å²) >= 11 is 1.53. The molecule has 3 rings (SSSR count). The van der Waals surface area contributed by atoms with E-state index in [9.17, 15) is 0 Å². The lowest BCUT2D eigenvalue weighted by molar-refractivity contribution is 0.897. The highest BCUT2D eigenvalue weighted by Crippen LogP contribution is 2.25. The summed E-state index contributed by atoms with van der Waals surface area (Å²) in [7, 11) is 0. The number of hydrogen-bond donors (Lipinski definition) is 1. The van der Waals surface area contributed by atoms with E-state index in [0.29, 0.717) is 6.54 Å². The number of benzene rings is 1. The van der Waals surface area contributed by atoms with E-state index in [1.807, 2.05) is 31.2 Å². The van der Waals surface area contributed by atoms with Crippen molar-refractivity contribution in [2.45, 2.75) is 13.5 Å². The van der Waals surface area contributed by atoms with E-state index >= 15 is 0 Å². The summed E-state index contributed by atoms with van der Waals surface area (Å²) < 4.78 is 1.76. The molecule has 0 fully saturated rings. The van der Waals surface area contributed by atoms with Gasteiger partial charge in [0.2, 0.25) is 4.96 Å². The number of nitrogens with two attached hydrogens (primary N) is 1. The number of rotatable bonds is 2. The molecule has 0 atom stereocenters. The van der Waals surface area contributed by atoms with Crippen molar-refractivity contribution in [2.75, 3.05) is 0 Å². The molecular formula is C11H11N5S. The largest absolute Gasteiger partial charge is 0.326 e. The van der Waals surface area contributed by atoms with Gasteiger partial charge in [0.1, 0.15) is 5.01 Å². The summed E-state index contributed by atoms with van der Waals surface area (Å²) in [5.74, 6) is 0.807. The molecule has 1 aromatic carbocycles. The van der Waals surface area contributed by atoms with Gasteiger partial charge in [-0.3, -0.25) is 0 Å². The summed E-state index contributed by atoms with van der Waals surface area (Å²) in [6.45, 7) is 2.45. The molecule has 2 N–H and O–H groups in total. The summed E-state index contributed by atoms with van der Waals surface area (Å²) in [5, 5.41) is 13.4. The van der Waals surface area contributed by atoms with E-state index in [1.54, 1.807) is 4.52 Å². The maximum atomic E-state index is 5.57. The minimum atomic E-state index is 0.560. The van der Waals surface area contributed by atoms with Gasteiger partial charge in [-0.05, 0) is 12.5 Å². The Balaban J connectivity index is 2.07. The second-order valence-corrected chi connectivity index (χ2v) is 4.71. The lowest BCUT2D eigenvalue weighted by Crippen LogP contribution is -1.95. The Bertz CT molecular complexity index is 652. The van der Waals surface area contributed by atoms with Crippen molar-refractivity contribution in [1.29, 1.82) is 0 Å². The van der Waals surface area contributed by atoms with E-state index in [-0.39, 0.29) is 0 Å². The van der Waals surface area contributed by atoms with E-state index in [2.05, 4.69) is 15.3 Å². The predicted octanol–water partition coefficient (Wildman–Crippen LogP) is 1.62. The van der Waals surface area contributed by atoms with E-state index < -0.39 is 0 Å². The number of aromatic nitrogens is 4.